The summed E-state index contributed by atoms with van der Waals surface area (Å²) in [6.07, 6.45) is 3.28. The number of anilines is 1. The Bertz CT molecular complexity index is 1230. The van der Waals surface area contributed by atoms with Crippen LogP contribution in [0.3, 0.4) is 0 Å². The summed E-state index contributed by atoms with van der Waals surface area (Å²) in [6.45, 7) is 4.85. The van der Waals surface area contributed by atoms with Gasteiger partial charge in [-0.15, -0.1) is 0 Å². The molecule has 0 unspecified atom stereocenters. The number of rotatable bonds is 6. The lowest BCUT2D eigenvalue weighted by molar-refractivity contribution is 0.0949. The summed E-state index contributed by atoms with van der Waals surface area (Å²) in [5, 5.41) is 7.41. The summed E-state index contributed by atoms with van der Waals surface area (Å²) in [7, 11) is 0. The van der Waals surface area contributed by atoms with Crippen LogP contribution in [0.5, 0.6) is 0 Å². The van der Waals surface area contributed by atoms with Gasteiger partial charge in [-0.1, -0.05) is 30.3 Å². The van der Waals surface area contributed by atoms with Crippen molar-refractivity contribution in [2.45, 2.75) is 0 Å². The van der Waals surface area contributed by atoms with Crippen molar-refractivity contribution in [3.63, 3.8) is 0 Å². The van der Waals surface area contributed by atoms with Gasteiger partial charge in [-0.05, 0) is 30.3 Å². The minimum atomic E-state index is -0.217. The molecule has 5 rings (SSSR count). The van der Waals surface area contributed by atoms with Crippen LogP contribution in [0.2, 0.25) is 0 Å². The van der Waals surface area contributed by atoms with Crippen molar-refractivity contribution in [2.75, 3.05) is 44.2 Å². The van der Waals surface area contributed by atoms with E-state index in [1.54, 1.807) is 16.9 Å². The molecule has 1 N–H and O–H groups in total. The molecule has 0 spiro atoms. The predicted octanol–water partition coefficient (Wildman–Crippen LogP) is 3.09. The molecule has 1 aliphatic heterocycles. The number of benzene rings is 2. The lowest BCUT2D eigenvalue weighted by Crippen LogP contribution is -2.48. The minimum Gasteiger partial charge on any atom is -0.369 e. The normalized spacial score (nSPS) is 14.5. The van der Waals surface area contributed by atoms with Gasteiger partial charge in [-0.3, -0.25) is 9.69 Å². The van der Waals surface area contributed by atoms with Gasteiger partial charge in [0.15, 0.2) is 5.65 Å². The Morgan fingerprint density at radius 1 is 0.970 bits per heavy atom. The largest absolute Gasteiger partial charge is 0.369 e. The Kier molecular flexibility index (Phi) is 5.99. The highest BCUT2D eigenvalue weighted by molar-refractivity contribution is 5.99. The number of nitrogens with zero attached hydrogens (tertiary/aromatic N) is 5. The molecule has 2 aromatic carbocycles. The molecule has 1 amide bonds. The van der Waals surface area contributed by atoms with Gasteiger partial charge in [-0.2, -0.15) is 5.10 Å². The summed E-state index contributed by atoms with van der Waals surface area (Å²) >= 11 is 0. The van der Waals surface area contributed by atoms with Crippen LogP contribution in [-0.2, 0) is 0 Å². The highest BCUT2D eigenvalue weighted by Crippen LogP contribution is 2.20. The van der Waals surface area contributed by atoms with Gasteiger partial charge in [0.05, 0.1) is 11.9 Å². The van der Waals surface area contributed by atoms with E-state index in [0.717, 1.165) is 49.7 Å². The number of carbonyl (C=O) groups excluding carboxylic acids is 1. The number of fused-ring (bicyclic) bond motifs is 1. The predicted molar refractivity (Wildman–Crippen MR) is 126 cm³/mol. The second-order valence-electron chi connectivity index (χ2n) is 8.05. The van der Waals surface area contributed by atoms with Crippen molar-refractivity contribution < 1.29 is 9.18 Å². The van der Waals surface area contributed by atoms with Crippen LogP contribution in [0.15, 0.2) is 73.1 Å². The zero-order valence-corrected chi connectivity index (χ0v) is 18.2. The zero-order chi connectivity index (χ0) is 22.6. The number of piperazine rings is 1. The van der Waals surface area contributed by atoms with Gasteiger partial charge in [0.2, 0.25) is 0 Å². The molecule has 0 atom stereocenters. The van der Waals surface area contributed by atoms with Crippen LogP contribution in [0.4, 0.5) is 10.1 Å². The molecule has 2 aromatic heterocycles. The molecule has 0 radical (unpaired) electrons. The van der Waals surface area contributed by atoms with E-state index in [9.17, 15) is 9.18 Å². The van der Waals surface area contributed by atoms with E-state index in [4.69, 9.17) is 0 Å². The van der Waals surface area contributed by atoms with Crippen molar-refractivity contribution in [3.05, 3.63) is 84.4 Å². The van der Waals surface area contributed by atoms with Crippen molar-refractivity contribution in [2.24, 2.45) is 0 Å². The summed E-state index contributed by atoms with van der Waals surface area (Å²) < 4.78 is 14.8. The lowest BCUT2D eigenvalue weighted by Gasteiger charge is -2.36. The smallest absolute Gasteiger partial charge is 0.256 e. The first-order valence-electron chi connectivity index (χ1n) is 11.1. The quantitative estimate of drug-likeness (QED) is 0.495. The average Bonchev–Trinajstić information content (AvgIpc) is 3.30. The van der Waals surface area contributed by atoms with E-state index in [-0.39, 0.29) is 11.7 Å². The van der Waals surface area contributed by atoms with Crippen molar-refractivity contribution in [3.8, 4) is 11.3 Å². The summed E-state index contributed by atoms with van der Waals surface area (Å²) in [5.41, 5.74) is 3.95. The first-order valence-corrected chi connectivity index (χ1v) is 11.1. The zero-order valence-electron chi connectivity index (χ0n) is 18.2. The molecule has 4 aromatic rings. The molecule has 0 saturated carbocycles. The van der Waals surface area contributed by atoms with Crippen LogP contribution in [-0.4, -0.2) is 64.7 Å². The van der Waals surface area contributed by atoms with E-state index >= 15 is 0 Å². The van der Waals surface area contributed by atoms with Crippen molar-refractivity contribution in [1.82, 2.24) is 24.8 Å². The molecular weight excluding hydrogens is 419 g/mol. The number of hydrogen-bond donors (Lipinski definition) is 1. The van der Waals surface area contributed by atoms with Crippen molar-refractivity contribution in [1.29, 1.82) is 0 Å². The average molecular weight is 445 g/mol. The summed E-state index contributed by atoms with van der Waals surface area (Å²) in [4.78, 5) is 21.8. The molecular formula is C25H25FN6O. The first-order chi connectivity index (χ1) is 16.2. The molecule has 8 heteroatoms. The molecule has 0 aliphatic carbocycles. The topological polar surface area (TPSA) is 65.8 Å². The lowest BCUT2D eigenvalue weighted by atomic mass is 10.1. The fraction of sp³-hybridized carbons (Fsp3) is 0.240. The Balaban J connectivity index is 1.16. The Morgan fingerprint density at radius 3 is 2.48 bits per heavy atom. The minimum absolute atomic E-state index is 0.173. The number of nitrogens with one attached hydrogen (secondary N) is 1. The summed E-state index contributed by atoms with van der Waals surface area (Å²) in [6, 6.07) is 18.4. The molecule has 168 valence electrons. The highest BCUT2D eigenvalue weighted by Gasteiger charge is 2.19. The Labute approximate surface area is 191 Å². The number of amides is 1. The Hall–Kier alpha value is -3.78. The van der Waals surface area contributed by atoms with Crippen molar-refractivity contribution >= 4 is 17.2 Å². The third kappa shape index (κ3) is 4.56. The standard InChI is InChI=1S/C25H25FN6O/c26-20-6-8-21(9-7-20)31-16-14-30(15-17-31)13-12-28-25(33)22-18-29-32-23(10-11-27-24(22)32)19-4-2-1-3-5-19/h1-11,18H,12-17H2,(H,28,33). The van der Waals surface area contributed by atoms with Crippen LogP contribution in [0.25, 0.3) is 16.9 Å². The fourth-order valence-electron chi connectivity index (χ4n) is 4.18. The van der Waals surface area contributed by atoms with Gasteiger partial charge in [0.1, 0.15) is 11.4 Å². The van der Waals surface area contributed by atoms with Gasteiger partial charge in [-0.25, -0.2) is 13.9 Å². The molecule has 7 nitrogen and oxygen atoms in total. The van der Waals surface area contributed by atoms with E-state index < -0.39 is 0 Å². The second-order valence-corrected chi connectivity index (χ2v) is 8.05. The van der Waals surface area contributed by atoms with E-state index in [1.165, 1.54) is 12.1 Å². The number of hydrogen-bond acceptors (Lipinski definition) is 5. The maximum atomic E-state index is 13.1. The molecule has 3 heterocycles. The van der Waals surface area contributed by atoms with Gasteiger partial charge in [0.25, 0.3) is 5.91 Å². The fourth-order valence-corrected chi connectivity index (χ4v) is 4.18. The van der Waals surface area contributed by atoms with Crippen LogP contribution < -0.4 is 10.2 Å². The van der Waals surface area contributed by atoms with Crippen LogP contribution in [0.1, 0.15) is 10.4 Å². The van der Waals surface area contributed by atoms with Crippen LogP contribution >= 0.6 is 0 Å². The number of halogens is 1. The maximum absolute atomic E-state index is 13.1. The number of aromatic nitrogens is 3. The van der Waals surface area contributed by atoms with E-state index in [1.807, 2.05) is 48.5 Å². The SMILES string of the molecule is O=C(NCCN1CCN(c2ccc(F)cc2)CC1)c1cnn2c(-c3ccccc3)ccnc12. The van der Waals surface area contributed by atoms with Crippen LogP contribution in [0, 0.1) is 5.82 Å². The molecule has 1 fully saturated rings. The number of carbonyl (C=O) groups is 1. The van der Waals surface area contributed by atoms with E-state index in [0.29, 0.717) is 17.8 Å². The summed E-state index contributed by atoms with van der Waals surface area (Å²) in [5.74, 6) is -0.390. The molecule has 0 bridgehead atoms. The first kappa shape index (κ1) is 21.1. The van der Waals surface area contributed by atoms with E-state index in [2.05, 4.69) is 25.2 Å². The monoisotopic (exact) mass is 444 g/mol. The van der Waals surface area contributed by atoms with Gasteiger partial charge < -0.3 is 10.2 Å². The third-order valence-electron chi connectivity index (χ3n) is 5.99. The molecule has 33 heavy (non-hydrogen) atoms. The maximum Gasteiger partial charge on any atom is 0.256 e. The van der Waals surface area contributed by atoms with Gasteiger partial charge in [0, 0.05) is 56.7 Å². The van der Waals surface area contributed by atoms with Gasteiger partial charge >= 0.3 is 0 Å². The second kappa shape index (κ2) is 9.38. The highest BCUT2D eigenvalue weighted by atomic mass is 19.1. The Morgan fingerprint density at radius 2 is 1.73 bits per heavy atom. The molecule has 1 saturated heterocycles. The third-order valence-corrected chi connectivity index (χ3v) is 5.99. The molecule has 1 aliphatic rings.